The smallest absolute Gasteiger partial charge is 0.207 e. The quantitative estimate of drug-likeness (QED) is 0.529. The van der Waals surface area contributed by atoms with Crippen LogP contribution in [0.15, 0.2) is 54.4 Å². The van der Waals surface area contributed by atoms with Gasteiger partial charge in [0.05, 0.1) is 0 Å². The third kappa shape index (κ3) is 3.24. The van der Waals surface area contributed by atoms with Gasteiger partial charge >= 0.3 is 0 Å². The number of nitrogens with zero attached hydrogens (tertiary/aromatic N) is 2. The zero-order chi connectivity index (χ0) is 14.8. The number of pyridine rings is 1. The molecule has 0 aliphatic carbocycles. The molecule has 0 unspecified atom stereocenters. The number of hydrogen-bond acceptors (Lipinski definition) is 1. The predicted molar refractivity (Wildman–Crippen MR) is 88.8 cm³/mol. The maximum atomic E-state index is 2.36. The number of anilines is 1. The molecule has 0 bridgehead atoms. The number of fused-ring (bicyclic) bond motifs is 1. The third-order valence-electron chi connectivity index (χ3n) is 3.93. The molecule has 0 saturated heterocycles. The SMILES string of the molecule is CCN1C(=Cc2cccc[n+]2C)C=Cc2cc(C)ccc21.[I-]. The zero-order valence-corrected chi connectivity index (χ0v) is 15.4. The van der Waals surface area contributed by atoms with Gasteiger partial charge in [0.2, 0.25) is 5.69 Å². The average molecular weight is 404 g/mol. The zero-order valence-electron chi connectivity index (χ0n) is 13.3. The molecule has 114 valence electrons. The van der Waals surface area contributed by atoms with Crippen LogP contribution in [0.4, 0.5) is 5.69 Å². The van der Waals surface area contributed by atoms with E-state index in [0.717, 1.165) is 6.54 Å². The second-order valence-electron chi connectivity index (χ2n) is 5.45. The third-order valence-corrected chi connectivity index (χ3v) is 3.93. The van der Waals surface area contributed by atoms with Gasteiger partial charge in [0.1, 0.15) is 7.05 Å². The monoisotopic (exact) mass is 404 g/mol. The first-order valence-corrected chi connectivity index (χ1v) is 7.41. The summed E-state index contributed by atoms with van der Waals surface area (Å²) < 4.78 is 2.14. The number of aryl methyl sites for hydroxylation is 2. The van der Waals surface area contributed by atoms with Crippen molar-refractivity contribution in [2.75, 3.05) is 11.4 Å². The van der Waals surface area contributed by atoms with Crippen molar-refractivity contribution >= 4 is 17.8 Å². The van der Waals surface area contributed by atoms with Gasteiger partial charge in [-0.15, -0.1) is 0 Å². The molecule has 2 nitrogen and oxygen atoms in total. The van der Waals surface area contributed by atoms with Crippen LogP contribution in [0.3, 0.4) is 0 Å². The topological polar surface area (TPSA) is 7.12 Å². The minimum absolute atomic E-state index is 0. The fourth-order valence-electron chi connectivity index (χ4n) is 2.77. The summed E-state index contributed by atoms with van der Waals surface area (Å²) in [6.45, 7) is 5.30. The van der Waals surface area contributed by atoms with Crippen LogP contribution < -0.4 is 33.4 Å². The largest absolute Gasteiger partial charge is 1.00 e. The van der Waals surface area contributed by atoms with E-state index in [2.05, 4.69) is 85.1 Å². The Bertz CT molecular complexity index is 732. The summed E-state index contributed by atoms with van der Waals surface area (Å²) in [5.74, 6) is 0. The Labute approximate surface area is 149 Å². The van der Waals surface area contributed by atoms with Crippen molar-refractivity contribution < 1.29 is 28.5 Å². The Balaban J connectivity index is 0.00000176. The van der Waals surface area contributed by atoms with Crippen LogP contribution in [0.5, 0.6) is 0 Å². The molecule has 0 fully saturated rings. The summed E-state index contributed by atoms with van der Waals surface area (Å²) in [6.07, 6.45) is 8.73. The van der Waals surface area contributed by atoms with Gasteiger partial charge in [0, 0.05) is 36.1 Å². The van der Waals surface area contributed by atoms with Crippen molar-refractivity contribution in [1.29, 1.82) is 0 Å². The molecule has 3 rings (SSSR count). The second-order valence-corrected chi connectivity index (χ2v) is 5.45. The van der Waals surface area contributed by atoms with Crippen LogP contribution in [0.1, 0.15) is 23.7 Å². The summed E-state index contributed by atoms with van der Waals surface area (Å²) in [5.41, 5.74) is 6.32. The number of halogens is 1. The van der Waals surface area contributed by atoms with Gasteiger partial charge in [0.25, 0.3) is 0 Å². The molecule has 0 N–H and O–H groups in total. The lowest BCUT2D eigenvalue weighted by Crippen LogP contribution is -3.00. The van der Waals surface area contributed by atoms with Crippen LogP contribution in [0.25, 0.3) is 12.2 Å². The first kappa shape index (κ1) is 16.7. The fourth-order valence-corrected chi connectivity index (χ4v) is 2.77. The molecule has 2 aromatic rings. The molecule has 0 radical (unpaired) electrons. The number of aromatic nitrogens is 1. The van der Waals surface area contributed by atoms with Crippen LogP contribution in [-0.4, -0.2) is 6.54 Å². The lowest BCUT2D eigenvalue weighted by atomic mass is 10.0. The number of hydrogen-bond donors (Lipinski definition) is 0. The van der Waals surface area contributed by atoms with Crippen molar-refractivity contribution in [1.82, 2.24) is 0 Å². The van der Waals surface area contributed by atoms with Gasteiger partial charge in [-0.2, -0.15) is 0 Å². The Morgan fingerprint density at radius 1 is 1.14 bits per heavy atom. The van der Waals surface area contributed by atoms with Gasteiger partial charge < -0.3 is 28.9 Å². The Morgan fingerprint density at radius 3 is 2.68 bits per heavy atom. The van der Waals surface area contributed by atoms with E-state index in [0.29, 0.717) is 0 Å². The van der Waals surface area contributed by atoms with E-state index >= 15 is 0 Å². The number of benzene rings is 1. The van der Waals surface area contributed by atoms with Crippen molar-refractivity contribution in [3.05, 3.63) is 71.2 Å². The summed E-state index contributed by atoms with van der Waals surface area (Å²) in [6, 6.07) is 12.9. The molecule has 1 aromatic heterocycles. The van der Waals surface area contributed by atoms with Gasteiger partial charge in [0.15, 0.2) is 6.20 Å². The maximum Gasteiger partial charge on any atom is 0.207 e. The van der Waals surface area contributed by atoms with E-state index in [1.165, 1.54) is 28.2 Å². The van der Waals surface area contributed by atoms with Crippen molar-refractivity contribution in [3.8, 4) is 0 Å². The first-order chi connectivity index (χ1) is 10.2. The summed E-state index contributed by atoms with van der Waals surface area (Å²) >= 11 is 0. The highest BCUT2D eigenvalue weighted by Crippen LogP contribution is 2.31. The van der Waals surface area contributed by atoms with Crippen molar-refractivity contribution in [2.24, 2.45) is 7.05 Å². The van der Waals surface area contributed by atoms with E-state index in [1.807, 2.05) is 6.07 Å². The highest BCUT2D eigenvalue weighted by atomic mass is 127. The number of rotatable bonds is 2. The van der Waals surface area contributed by atoms with Crippen LogP contribution >= 0.6 is 0 Å². The first-order valence-electron chi connectivity index (χ1n) is 7.41. The van der Waals surface area contributed by atoms with Crippen LogP contribution in [0.2, 0.25) is 0 Å². The van der Waals surface area contributed by atoms with E-state index in [9.17, 15) is 0 Å². The van der Waals surface area contributed by atoms with Gasteiger partial charge in [-0.3, -0.25) is 0 Å². The molecule has 0 spiro atoms. The molecule has 0 amide bonds. The number of allylic oxidation sites excluding steroid dienone is 1. The standard InChI is InChI=1S/C19H21N2.HI/c1-4-21-18(14-17-7-5-6-12-20(17)3)10-9-16-13-15(2)8-11-19(16)21;/h5-14H,4H2,1-3H3;1H/q+1;/p-1. The summed E-state index contributed by atoms with van der Waals surface area (Å²) in [7, 11) is 2.08. The number of likely N-dealkylation sites (N-methyl/N-ethyl adjacent to an activating group) is 1. The van der Waals surface area contributed by atoms with Gasteiger partial charge in [-0.1, -0.05) is 17.7 Å². The molecular weight excluding hydrogens is 383 g/mol. The molecule has 1 aliphatic heterocycles. The normalized spacial score (nSPS) is 14.7. The van der Waals surface area contributed by atoms with E-state index in [4.69, 9.17) is 0 Å². The average Bonchev–Trinajstić information content (AvgIpc) is 2.49. The molecule has 22 heavy (non-hydrogen) atoms. The predicted octanol–water partition coefficient (Wildman–Crippen LogP) is 0.718. The van der Waals surface area contributed by atoms with Crippen LogP contribution in [0, 0.1) is 6.92 Å². The second kappa shape index (κ2) is 7.09. The fraction of sp³-hybridized carbons (Fsp3) is 0.211. The molecule has 1 aliphatic rings. The highest BCUT2D eigenvalue weighted by molar-refractivity contribution is 5.79. The van der Waals surface area contributed by atoms with Crippen molar-refractivity contribution in [2.45, 2.75) is 13.8 Å². The molecule has 0 saturated carbocycles. The summed E-state index contributed by atoms with van der Waals surface area (Å²) in [5, 5.41) is 0. The van der Waals surface area contributed by atoms with E-state index in [-0.39, 0.29) is 24.0 Å². The Morgan fingerprint density at radius 2 is 1.95 bits per heavy atom. The maximum absolute atomic E-state index is 2.36. The van der Waals surface area contributed by atoms with Gasteiger partial charge in [-0.05, 0) is 43.7 Å². The van der Waals surface area contributed by atoms with E-state index in [1.54, 1.807) is 0 Å². The highest BCUT2D eigenvalue weighted by Gasteiger charge is 2.17. The minimum Gasteiger partial charge on any atom is -1.00 e. The molecule has 3 heteroatoms. The van der Waals surface area contributed by atoms with E-state index < -0.39 is 0 Å². The van der Waals surface area contributed by atoms with Gasteiger partial charge in [-0.25, -0.2) is 4.57 Å². The van der Waals surface area contributed by atoms with Crippen molar-refractivity contribution in [3.63, 3.8) is 0 Å². The van der Waals surface area contributed by atoms with Crippen LogP contribution in [-0.2, 0) is 7.05 Å². The molecule has 1 aromatic carbocycles. The Hall–Kier alpha value is -1.62. The lowest BCUT2D eigenvalue weighted by Gasteiger charge is -2.29. The molecular formula is C19H21IN2. The Kier molecular flexibility index (Phi) is 5.40. The molecule has 0 atom stereocenters. The lowest BCUT2D eigenvalue weighted by molar-refractivity contribution is -0.673. The summed E-state index contributed by atoms with van der Waals surface area (Å²) in [4.78, 5) is 2.36. The molecule has 2 heterocycles. The minimum atomic E-state index is 0.